The first-order valence-electron chi connectivity index (χ1n) is 6.86. The number of hydrogen-bond acceptors (Lipinski definition) is 2. The zero-order valence-electron chi connectivity index (χ0n) is 11.6. The fourth-order valence-electron chi connectivity index (χ4n) is 2.71. The van der Waals surface area contributed by atoms with Gasteiger partial charge in [0.2, 0.25) is 0 Å². The van der Waals surface area contributed by atoms with Gasteiger partial charge in [-0.25, -0.2) is 0 Å². The number of benzene rings is 2. The van der Waals surface area contributed by atoms with Crippen molar-refractivity contribution in [3.63, 3.8) is 0 Å². The van der Waals surface area contributed by atoms with Crippen LogP contribution in [-0.2, 0) is 13.1 Å². The second kappa shape index (κ2) is 5.80. The van der Waals surface area contributed by atoms with Gasteiger partial charge in [0.1, 0.15) is 0 Å². The number of halogens is 2. The molecule has 21 heavy (non-hydrogen) atoms. The third-order valence-electron chi connectivity index (χ3n) is 3.99. The molecule has 2 nitrogen and oxygen atoms in total. The van der Waals surface area contributed by atoms with Gasteiger partial charge in [0.15, 0.2) is 5.78 Å². The van der Waals surface area contributed by atoms with Crippen molar-refractivity contribution in [2.75, 3.05) is 0 Å². The highest BCUT2D eigenvalue weighted by Crippen LogP contribution is 2.28. The summed E-state index contributed by atoms with van der Waals surface area (Å²) in [4.78, 5) is 14.8. The third kappa shape index (κ3) is 2.84. The van der Waals surface area contributed by atoms with Crippen molar-refractivity contribution in [2.24, 2.45) is 0 Å². The van der Waals surface area contributed by atoms with Crippen LogP contribution in [-0.4, -0.2) is 16.7 Å². The number of rotatable bonds is 3. The van der Waals surface area contributed by atoms with Crippen molar-refractivity contribution >= 4 is 29.0 Å². The van der Waals surface area contributed by atoms with Crippen molar-refractivity contribution in [1.29, 1.82) is 0 Å². The summed E-state index contributed by atoms with van der Waals surface area (Å²) < 4.78 is 0. The molecular formula is C17H15Cl2NO. The van der Waals surface area contributed by atoms with E-state index in [0.29, 0.717) is 15.6 Å². The quantitative estimate of drug-likeness (QED) is 0.772. The van der Waals surface area contributed by atoms with Crippen LogP contribution in [0, 0.1) is 0 Å². The highest BCUT2D eigenvalue weighted by Gasteiger charge is 2.28. The SMILES string of the molecule is CC(C(=O)c1ccc(Cl)cc1Cl)N1Cc2ccccc2C1. The Labute approximate surface area is 134 Å². The van der Waals surface area contributed by atoms with Crippen molar-refractivity contribution in [2.45, 2.75) is 26.1 Å². The van der Waals surface area contributed by atoms with Crippen LogP contribution in [0.3, 0.4) is 0 Å². The van der Waals surface area contributed by atoms with Crippen LogP contribution in [0.25, 0.3) is 0 Å². The van der Waals surface area contributed by atoms with Crippen LogP contribution in [0.2, 0.25) is 10.0 Å². The topological polar surface area (TPSA) is 20.3 Å². The molecule has 0 aromatic heterocycles. The van der Waals surface area contributed by atoms with E-state index in [1.54, 1.807) is 18.2 Å². The van der Waals surface area contributed by atoms with Gasteiger partial charge in [-0.3, -0.25) is 9.69 Å². The highest BCUT2D eigenvalue weighted by molar-refractivity contribution is 6.37. The molecule has 3 rings (SSSR count). The molecule has 0 saturated carbocycles. The number of carbonyl (C=O) groups is 1. The standard InChI is InChI=1S/C17H15Cl2NO/c1-11(17(21)15-7-6-14(18)8-16(15)19)20-9-12-4-2-3-5-13(12)10-20/h2-8,11H,9-10H2,1H3. The maximum Gasteiger partial charge on any atom is 0.181 e. The second-order valence-corrected chi connectivity index (χ2v) is 6.18. The largest absolute Gasteiger partial charge is 0.292 e. The van der Waals surface area contributed by atoms with Crippen LogP contribution >= 0.6 is 23.2 Å². The molecule has 1 aliphatic rings. The lowest BCUT2D eigenvalue weighted by atomic mass is 10.0. The Kier molecular flexibility index (Phi) is 4.03. The average Bonchev–Trinajstić information content (AvgIpc) is 2.89. The van der Waals surface area contributed by atoms with Crippen molar-refractivity contribution in [3.8, 4) is 0 Å². The van der Waals surface area contributed by atoms with E-state index in [4.69, 9.17) is 23.2 Å². The lowest BCUT2D eigenvalue weighted by Gasteiger charge is -2.23. The Hall–Kier alpha value is -1.35. The van der Waals surface area contributed by atoms with E-state index in [-0.39, 0.29) is 11.8 Å². The van der Waals surface area contributed by atoms with E-state index in [1.807, 2.05) is 19.1 Å². The molecule has 2 aromatic rings. The summed E-state index contributed by atoms with van der Waals surface area (Å²) in [7, 11) is 0. The molecule has 0 bridgehead atoms. The van der Waals surface area contributed by atoms with Crippen molar-refractivity contribution < 1.29 is 4.79 Å². The van der Waals surface area contributed by atoms with E-state index in [2.05, 4.69) is 17.0 Å². The van der Waals surface area contributed by atoms with Crippen LogP contribution in [0.5, 0.6) is 0 Å². The molecule has 0 fully saturated rings. The van der Waals surface area contributed by atoms with Gasteiger partial charge >= 0.3 is 0 Å². The third-order valence-corrected chi connectivity index (χ3v) is 4.54. The Morgan fingerprint density at radius 1 is 1.10 bits per heavy atom. The minimum atomic E-state index is -0.212. The van der Waals surface area contributed by atoms with Gasteiger partial charge in [0.25, 0.3) is 0 Å². The monoisotopic (exact) mass is 319 g/mol. The fraction of sp³-hybridized carbons (Fsp3) is 0.235. The molecule has 0 N–H and O–H groups in total. The van der Waals surface area contributed by atoms with Crippen LogP contribution < -0.4 is 0 Å². The van der Waals surface area contributed by atoms with E-state index >= 15 is 0 Å². The summed E-state index contributed by atoms with van der Waals surface area (Å²) in [6, 6.07) is 13.1. The molecule has 0 saturated heterocycles. The Bertz CT molecular complexity index is 674. The van der Waals surface area contributed by atoms with Gasteiger partial charge in [0.05, 0.1) is 11.1 Å². The van der Waals surface area contributed by atoms with Crippen molar-refractivity contribution in [1.82, 2.24) is 4.90 Å². The number of fused-ring (bicyclic) bond motifs is 1. The molecule has 1 aliphatic heterocycles. The minimum absolute atomic E-state index is 0.0319. The highest BCUT2D eigenvalue weighted by atomic mass is 35.5. The summed E-state index contributed by atoms with van der Waals surface area (Å²) in [6.07, 6.45) is 0. The molecule has 0 amide bonds. The van der Waals surface area contributed by atoms with Gasteiger partial charge in [-0.15, -0.1) is 0 Å². The maximum atomic E-state index is 12.6. The van der Waals surface area contributed by atoms with Gasteiger partial charge < -0.3 is 0 Å². The predicted molar refractivity (Wildman–Crippen MR) is 85.9 cm³/mol. The summed E-state index contributed by atoms with van der Waals surface area (Å²) >= 11 is 12.0. The molecule has 0 radical (unpaired) electrons. The average molecular weight is 320 g/mol. The lowest BCUT2D eigenvalue weighted by Crippen LogP contribution is -2.35. The first-order chi connectivity index (χ1) is 10.1. The Morgan fingerprint density at radius 3 is 2.29 bits per heavy atom. The molecular weight excluding hydrogens is 305 g/mol. The normalized spacial score (nSPS) is 15.8. The number of carbonyl (C=O) groups excluding carboxylic acids is 1. The summed E-state index contributed by atoms with van der Waals surface area (Å²) in [5.41, 5.74) is 3.11. The molecule has 0 spiro atoms. The molecule has 1 heterocycles. The smallest absolute Gasteiger partial charge is 0.181 e. The van der Waals surface area contributed by atoms with E-state index in [1.165, 1.54) is 11.1 Å². The van der Waals surface area contributed by atoms with Crippen LogP contribution in [0.15, 0.2) is 42.5 Å². The number of ketones is 1. The Balaban J connectivity index is 1.80. The van der Waals surface area contributed by atoms with Crippen LogP contribution in [0.4, 0.5) is 0 Å². The van der Waals surface area contributed by atoms with Gasteiger partial charge in [0, 0.05) is 23.7 Å². The second-order valence-electron chi connectivity index (χ2n) is 5.34. The van der Waals surface area contributed by atoms with E-state index in [9.17, 15) is 4.79 Å². The number of hydrogen-bond donors (Lipinski definition) is 0. The Morgan fingerprint density at radius 2 is 1.71 bits per heavy atom. The number of Topliss-reactive ketones (excluding diaryl/α,β-unsaturated/α-hetero) is 1. The fourth-order valence-corrected chi connectivity index (χ4v) is 3.22. The van der Waals surface area contributed by atoms with Crippen LogP contribution in [0.1, 0.15) is 28.4 Å². The zero-order chi connectivity index (χ0) is 15.0. The summed E-state index contributed by atoms with van der Waals surface area (Å²) in [5.74, 6) is 0.0319. The zero-order valence-corrected chi connectivity index (χ0v) is 13.2. The van der Waals surface area contributed by atoms with Gasteiger partial charge in [-0.2, -0.15) is 0 Å². The minimum Gasteiger partial charge on any atom is -0.292 e. The van der Waals surface area contributed by atoms with Crippen molar-refractivity contribution in [3.05, 3.63) is 69.2 Å². The maximum absolute atomic E-state index is 12.6. The van der Waals surface area contributed by atoms with Gasteiger partial charge in [-0.05, 0) is 36.2 Å². The lowest BCUT2D eigenvalue weighted by molar-refractivity contribution is 0.0835. The predicted octanol–water partition coefficient (Wildman–Crippen LogP) is 4.58. The van der Waals surface area contributed by atoms with E-state index in [0.717, 1.165) is 13.1 Å². The molecule has 4 heteroatoms. The molecule has 1 unspecified atom stereocenters. The molecule has 2 aromatic carbocycles. The van der Waals surface area contributed by atoms with E-state index < -0.39 is 0 Å². The number of nitrogens with zero attached hydrogens (tertiary/aromatic N) is 1. The molecule has 108 valence electrons. The molecule has 1 atom stereocenters. The summed E-state index contributed by atoms with van der Waals surface area (Å²) in [5, 5.41) is 0.953. The summed E-state index contributed by atoms with van der Waals surface area (Å²) in [6.45, 7) is 3.53. The first kappa shape index (κ1) is 14.6. The van der Waals surface area contributed by atoms with Gasteiger partial charge in [-0.1, -0.05) is 47.5 Å². The molecule has 0 aliphatic carbocycles. The first-order valence-corrected chi connectivity index (χ1v) is 7.62.